The normalized spacial score (nSPS) is 11.3. The zero-order chi connectivity index (χ0) is 19.1. The van der Waals surface area contributed by atoms with Gasteiger partial charge in [0.15, 0.2) is 6.10 Å². The van der Waals surface area contributed by atoms with E-state index in [4.69, 9.17) is 14.2 Å². The van der Waals surface area contributed by atoms with Gasteiger partial charge in [-0.15, -0.1) is 0 Å². The molecule has 7 heteroatoms. The highest BCUT2D eigenvalue weighted by Gasteiger charge is 2.19. The fourth-order valence-corrected chi connectivity index (χ4v) is 2.32. The molecule has 0 aliphatic carbocycles. The van der Waals surface area contributed by atoms with Crippen LogP contribution in [-0.4, -0.2) is 37.3 Å². The number of hydrogen-bond acceptors (Lipinski definition) is 5. The number of carbonyl (C=O) groups excluding carboxylic acids is 1. The number of hydrogen-bond donors (Lipinski definition) is 2. The van der Waals surface area contributed by atoms with Crippen LogP contribution < -0.4 is 19.5 Å². The summed E-state index contributed by atoms with van der Waals surface area (Å²) in [6.07, 6.45) is -0.894. The first kappa shape index (κ1) is 19.1. The maximum atomic E-state index is 12.3. The van der Waals surface area contributed by atoms with E-state index in [1.807, 2.05) is 18.2 Å². The second kappa shape index (κ2) is 8.75. The maximum Gasteiger partial charge on any atom is 0.339 e. The van der Waals surface area contributed by atoms with E-state index in [9.17, 15) is 14.7 Å². The van der Waals surface area contributed by atoms with E-state index < -0.39 is 12.1 Å². The number of methoxy groups -OCH3 is 2. The molecule has 0 saturated carbocycles. The van der Waals surface area contributed by atoms with Gasteiger partial charge in [-0.2, -0.15) is 0 Å². The molecule has 7 nitrogen and oxygen atoms in total. The van der Waals surface area contributed by atoms with E-state index in [0.29, 0.717) is 11.5 Å². The number of aromatic carboxylic acids is 1. The SMILES string of the molecule is COc1ccc(C(=O)O)c(O[C@H](C)C(=O)NCc2ccccc2OC)c1. The van der Waals surface area contributed by atoms with Crippen molar-refractivity contribution >= 4 is 11.9 Å². The second-order valence-electron chi connectivity index (χ2n) is 5.46. The van der Waals surface area contributed by atoms with Crippen molar-refractivity contribution in [1.29, 1.82) is 0 Å². The Morgan fingerprint density at radius 2 is 1.81 bits per heavy atom. The predicted octanol–water partition coefficient (Wildman–Crippen LogP) is 2.49. The Morgan fingerprint density at radius 3 is 2.46 bits per heavy atom. The second-order valence-corrected chi connectivity index (χ2v) is 5.46. The van der Waals surface area contributed by atoms with Crippen LogP contribution in [0.25, 0.3) is 0 Å². The van der Waals surface area contributed by atoms with E-state index in [2.05, 4.69) is 5.32 Å². The summed E-state index contributed by atoms with van der Waals surface area (Å²) < 4.78 is 15.9. The van der Waals surface area contributed by atoms with Crippen LogP contribution in [0.2, 0.25) is 0 Å². The van der Waals surface area contributed by atoms with Crippen LogP contribution in [0.4, 0.5) is 0 Å². The topological polar surface area (TPSA) is 94.1 Å². The van der Waals surface area contributed by atoms with E-state index in [-0.39, 0.29) is 23.8 Å². The third kappa shape index (κ3) is 4.66. The predicted molar refractivity (Wildman–Crippen MR) is 94.9 cm³/mol. The first-order valence-corrected chi connectivity index (χ1v) is 7.93. The molecule has 0 heterocycles. The molecule has 0 saturated heterocycles. The van der Waals surface area contributed by atoms with Gasteiger partial charge in [0.05, 0.1) is 14.2 Å². The average Bonchev–Trinajstić information content (AvgIpc) is 2.65. The number of para-hydroxylation sites is 1. The molecule has 0 aliphatic rings. The van der Waals surface area contributed by atoms with Gasteiger partial charge >= 0.3 is 5.97 Å². The van der Waals surface area contributed by atoms with Gasteiger partial charge in [0.1, 0.15) is 22.8 Å². The number of rotatable bonds is 8. The molecule has 2 N–H and O–H groups in total. The summed E-state index contributed by atoms with van der Waals surface area (Å²) in [6, 6.07) is 11.7. The van der Waals surface area contributed by atoms with Crippen molar-refractivity contribution in [3.05, 3.63) is 53.6 Å². The van der Waals surface area contributed by atoms with Crippen molar-refractivity contribution in [2.75, 3.05) is 14.2 Å². The lowest BCUT2D eigenvalue weighted by molar-refractivity contribution is -0.127. The minimum Gasteiger partial charge on any atom is -0.497 e. The average molecular weight is 359 g/mol. The molecule has 0 spiro atoms. The number of carboxylic acids is 1. The molecule has 0 aliphatic heterocycles. The molecule has 2 aromatic rings. The van der Waals surface area contributed by atoms with Gasteiger partial charge in [-0.1, -0.05) is 18.2 Å². The Balaban J connectivity index is 2.06. The van der Waals surface area contributed by atoms with Crippen molar-refractivity contribution < 1.29 is 28.9 Å². The molecule has 0 aromatic heterocycles. The van der Waals surface area contributed by atoms with Gasteiger partial charge in [-0.05, 0) is 25.1 Å². The van der Waals surface area contributed by atoms with Gasteiger partial charge in [0.2, 0.25) is 0 Å². The Kier molecular flexibility index (Phi) is 6.43. The van der Waals surface area contributed by atoms with Crippen molar-refractivity contribution in [1.82, 2.24) is 5.32 Å². The van der Waals surface area contributed by atoms with Gasteiger partial charge in [0, 0.05) is 18.2 Å². The number of carboxylic acid groups (broad SMARTS) is 1. The number of nitrogens with one attached hydrogen (secondary N) is 1. The quantitative estimate of drug-likeness (QED) is 0.752. The highest BCUT2D eigenvalue weighted by Crippen LogP contribution is 2.26. The minimum absolute atomic E-state index is 0.0461. The summed E-state index contributed by atoms with van der Waals surface area (Å²) >= 11 is 0. The lowest BCUT2D eigenvalue weighted by Gasteiger charge is -2.17. The molecule has 2 aromatic carbocycles. The molecule has 1 amide bonds. The molecule has 0 radical (unpaired) electrons. The molecule has 0 bridgehead atoms. The molecule has 1 atom stereocenters. The third-order valence-corrected chi connectivity index (χ3v) is 3.74. The summed E-state index contributed by atoms with van der Waals surface area (Å²) in [4.78, 5) is 23.6. The van der Waals surface area contributed by atoms with Crippen LogP contribution in [0.3, 0.4) is 0 Å². The van der Waals surface area contributed by atoms with E-state index in [1.54, 1.807) is 20.1 Å². The van der Waals surface area contributed by atoms with Crippen molar-refractivity contribution in [3.8, 4) is 17.2 Å². The highest BCUT2D eigenvalue weighted by molar-refractivity contribution is 5.91. The Morgan fingerprint density at radius 1 is 1.08 bits per heavy atom. The van der Waals surface area contributed by atoms with Crippen LogP contribution >= 0.6 is 0 Å². The van der Waals surface area contributed by atoms with E-state index in [0.717, 1.165) is 5.56 Å². The Bertz CT molecular complexity index is 789. The van der Waals surface area contributed by atoms with Crippen LogP contribution in [0.15, 0.2) is 42.5 Å². The summed E-state index contributed by atoms with van der Waals surface area (Å²) in [5.41, 5.74) is 0.776. The van der Waals surface area contributed by atoms with Crippen molar-refractivity contribution in [2.45, 2.75) is 19.6 Å². The van der Waals surface area contributed by atoms with E-state index >= 15 is 0 Å². The van der Waals surface area contributed by atoms with Crippen molar-refractivity contribution in [3.63, 3.8) is 0 Å². The third-order valence-electron chi connectivity index (χ3n) is 3.74. The van der Waals surface area contributed by atoms with Crippen LogP contribution in [0, 0.1) is 0 Å². The molecule has 138 valence electrons. The number of benzene rings is 2. The van der Waals surface area contributed by atoms with Gasteiger partial charge < -0.3 is 24.6 Å². The largest absolute Gasteiger partial charge is 0.497 e. The zero-order valence-corrected chi connectivity index (χ0v) is 14.8. The van der Waals surface area contributed by atoms with Crippen LogP contribution in [0.1, 0.15) is 22.8 Å². The summed E-state index contributed by atoms with van der Waals surface area (Å²) in [5.74, 6) is -0.356. The highest BCUT2D eigenvalue weighted by atomic mass is 16.5. The summed E-state index contributed by atoms with van der Waals surface area (Å²) in [5, 5.41) is 12.0. The zero-order valence-electron chi connectivity index (χ0n) is 14.8. The van der Waals surface area contributed by atoms with Crippen LogP contribution in [-0.2, 0) is 11.3 Å². The lowest BCUT2D eigenvalue weighted by atomic mass is 10.2. The standard InChI is InChI=1S/C19H21NO6/c1-12(18(21)20-11-13-6-4-5-7-16(13)25-3)26-17-10-14(24-2)8-9-15(17)19(22)23/h4-10,12H,11H2,1-3H3,(H,20,21)(H,22,23)/t12-/m1/s1. The Hall–Kier alpha value is -3.22. The molecule has 26 heavy (non-hydrogen) atoms. The van der Waals surface area contributed by atoms with Gasteiger partial charge in [-0.25, -0.2) is 4.79 Å². The summed E-state index contributed by atoms with van der Waals surface area (Å²) in [6.45, 7) is 1.81. The maximum absolute atomic E-state index is 12.3. The number of amides is 1. The van der Waals surface area contributed by atoms with Gasteiger partial charge in [0.25, 0.3) is 5.91 Å². The number of ether oxygens (including phenoxy) is 3. The first-order valence-electron chi connectivity index (χ1n) is 7.93. The summed E-state index contributed by atoms with van der Waals surface area (Å²) in [7, 11) is 3.02. The fraction of sp³-hybridized carbons (Fsp3) is 0.263. The lowest BCUT2D eigenvalue weighted by Crippen LogP contribution is -2.36. The molecular formula is C19H21NO6. The Labute approximate surface area is 151 Å². The fourth-order valence-electron chi connectivity index (χ4n) is 2.32. The monoisotopic (exact) mass is 359 g/mol. The van der Waals surface area contributed by atoms with E-state index in [1.165, 1.54) is 25.3 Å². The molecular weight excluding hydrogens is 338 g/mol. The molecule has 0 unspecified atom stereocenters. The van der Waals surface area contributed by atoms with Gasteiger partial charge in [-0.3, -0.25) is 4.79 Å². The van der Waals surface area contributed by atoms with Crippen molar-refractivity contribution in [2.24, 2.45) is 0 Å². The first-order chi connectivity index (χ1) is 12.5. The molecule has 0 fully saturated rings. The smallest absolute Gasteiger partial charge is 0.339 e. The minimum atomic E-state index is -1.15. The number of carbonyl (C=O) groups is 2. The van der Waals surface area contributed by atoms with Crippen LogP contribution in [0.5, 0.6) is 17.2 Å². The molecule has 2 rings (SSSR count).